The molecule has 0 bridgehead atoms. The number of benzene rings is 1. The Morgan fingerprint density at radius 3 is 2.58 bits per heavy atom. The monoisotopic (exact) mass is 542 g/mol. The molecule has 0 saturated carbocycles. The molecule has 1 fully saturated rings. The number of pyridine rings is 1. The average molecular weight is 543 g/mol. The number of amides is 2. The molecular formula is C26H34N6O5S. The molecule has 3 aromatic rings. The average Bonchev–Trinajstić information content (AvgIpc) is 3.15. The van der Waals surface area contributed by atoms with Gasteiger partial charge in [-0.05, 0) is 51.2 Å². The van der Waals surface area contributed by atoms with Gasteiger partial charge in [0.15, 0.2) is 0 Å². The molecule has 3 heterocycles. The maximum absolute atomic E-state index is 13.1. The van der Waals surface area contributed by atoms with E-state index in [1.807, 2.05) is 18.5 Å². The lowest BCUT2D eigenvalue weighted by Gasteiger charge is -2.31. The van der Waals surface area contributed by atoms with Crippen molar-refractivity contribution in [2.75, 3.05) is 37.9 Å². The molecule has 1 aliphatic heterocycles. The number of hydrogen-bond donors (Lipinski definition) is 2. The van der Waals surface area contributed by atoms with Crippen LogP contribution < -0.4 is 11.1 Å². The number of nitrogens with zero attached hydrogens (tertiary/aromatic N) is 4. The number of aromatic nitrogens is 3. The maximum atomic E-state index is 13.1. The Balaban J connectivity index is 1.43. The topological polar surface area (TPSA) is 150 Å². The van der Waals surface area contributed by atoms with Gasteiger partial charge in [0.1, 0.15) is 5.69 Å². The van der Waals surface area contributed by atoms with Crippen LogP contribution in [-0.2, 0) is 21.3 Å². The fourth-order valence-electron chi connectivity index (χ4n) is 4.86. The molecule has 2 amide bonds. The van der Waals surface area contributed by atoms with Crippen LogP contribution in [0.15, 0.2) is 30.3 Å². The van der Waals surface area contributed by atoms with Crippen LogP contribution in [0.4, 0.5) is 5.69 Å². The van der Waals surface area contributed by atoms with Crippen LogP contribution in [-0.4, -0.2) is 71.9 Å². The van der Waals surface area contributed by atoms with Crippen molar-refractivity contribution >= 4 is 38.4 Å². The molecule has 38 heavy (non-hydrogen) atoms. The highest BCUT2D eigenvalue weighted by Gasteiger charge is 2.28. The number of nitrogens with two attached hydrogens (primary N) is 1. The van der Waals surface area contributed by atoms with Gasteiger partial charge in [-0.3, -0.25) is 14.3 Å². The predicted octanol–water partition coefficient (Wildman–Crippen LogP) is 2.48. The van der Waals surface area contributed by atoms with E-state index < -0.39 is 21.8 Å². The van der Waals surface area contributed by atoms with E-state index in [1.165, 1.54) is 6.07 Å². The zero-order valence-electron chi connectivity index (χ0n) is 21.9. The molecule has 0 radical (unpaired) electrons. The number of anilines is 1. The van der Waals surface area contributed by atoms with Gasteiger partial charge in [0, 0.05) is 38.7 Å². The summed E-state index contributed by atoms with van der Waals surface area (Å²) in [4.78, 5) is 29.5. The lowest BCUT2D eigenvalue weighted by molar-refractivity contribution is 0.100. The minimum absolute atomic E-state index is 0.0862. The zero-order valence-corrected chi connectivity index (χ0v) is 22.8. The number of hydrogen-bond acceptors (Lipinski definition) is 7. The molecule has 1 aromatic carbocycles. The highest BCUT2D eigenvalue weighted by molar-refractivity contribution is 7.89. The molecule has 1 saturated heterocycles. The third-order valence-corrected chi connectivity index (χ3v) is 8.94. The number of primary amides is 1. The van der Waals surface area contributed by atoms with Crippen molar-refractivity contribution in [1.29, 1.82) is 0 Å². The fourth-order valence-corrected chi connectivity index (χ4v) is 6.37. The van der Waals surface area contributed by atoms with Gasteiger partial charge in [0.25, 0.3) is 5.91 Å². The molecule has 11 nitrogen and oxygen atoms in total. The Hall–Kier alpha value is -3.35. The number of fused-ring (bicyclic) bond motifs is 1. The van der Waals surface area contributed by atoms with Crippen LogP contribution in [0.3, 0.4) is 0 Å². The van der Waals surface area contributed by atoms with Crippen molar-refractivity contribution in [3.05, 3.63) is 53.0 Å². The molecule has 0 aliphatic carbocycles. The number of piperidine rings is 1. The Morgan fingerprint density at radius 2 is 1.89 bits per heavy atom. The third kappa shape index (κ3) is 6.03. The van der Waals surface area contributed by atoms with E-state index in [2.05, 4.69) is 15.4 Å². The summed E-state index contributed by atoms with van der Waals surface area (Å²) in [5, 5.41) is 8.11. The Labute approximate surface area is 222 Å². The number of carbonyl (C=O) groups is 2. The molecule has 1 aliphatic rings. The van der Waals surface area contributed by atoms with Crippen molar-refractivity contribution in [3.63, 3.8) is 0 Å². The van der Waals surface area contributed by atoms with Crippen LogP contribution in [0.25, 0.3) is 10.9 Å². The quantitative estimate of drug-likeness (QED) is 0.374. The molecule has 0 spiro atoms. The van der Waals surface area contributed by atoms with Crippen molar-refractivity contribution in [2.45, 2.75) is 39.7 Å². The summed E-state index contributed by atoms with van der Waals surface area (Å²) in [6, 6.07) is 8.43. The third-order valence-electron chi connectivity index (χ3n) is 6.98. The van der Waals surface area contributed by atoms with E-state index in [4.69, 9.17) is 10.5 Å². The molecular weight excluding hydrogens is 508 g/mol. The van der Waals surface area contributed by atoms with Crippen molar-refractivity contribution in [3.8, 4) is 0 Å². The van der Waals surface area contributed by atoms with Crippen LogP contribution in [0, 0.1) is 19.8 Å². The Bertz CT molecular complexity index is 1440. The summed E-state index contributed by atoms with van der Waals surface area (Å²) in [7, 11) is -1.71. The molecule has 3 N–H and O–H groups in total. The summed E-state index contributed by atoms with van der Waals surface area (Å²) in [5.74, 6) is -0.733. The molecule has 204 valence electrons. The van der Waals surface area contributed by atoms with E-state index in [1.54, 1.807) is 35.7 Å². The number of nitrogens with one attached hydrogen (secondary N) is 1. The largest absolute Gasteiger partial charge is 0.385 e. The van der Waals surface area contributed by atoms with E-state index >= 15 is 0 Å². The smallest absolute Gasteiger partial charge is 0.274 e. The van der Waals surface area contributed by atoms with Crippen LogP contribution >= 0.6 is 0 Å². The van der Waals surface area contributed by atoms with Gasteiger partial charge in [-0.15, -0.1) is 0 Å². The first kappa shape index (κ1) is 27.7. The second-order valence-electron chi connectivity index (χ2n) is 9.62. The molecule has 0 atom stereocenters. The number of methoxy groups -OCH3 is 1. The van der Waals surface area contributed by atoms with Crippen molar-refractivity contribution in [2.24, 2.45) is 11.7 Å². The zero-order chi connectivity index (χ0) is 27.4. The Morgan fingerprint density at radius 1 is 1.18 bits per heavy atom. The standard InChI is InChI=1S/C26H34N6O5S/c1-17-24(29-26(34)23-15-21(25(27)33)20-7-4-5-8-22(20)28-23)18(2)32(30-17)16-19-9-11-31(12-10-19)38(35,36)14-6-13-37-3/h4-5,7-8,15,19H,6,9-14,16H2,1-3H3,(H2,27,33)(H,29,34). The molecule has 0 unspecified atom stereocenters. The van der Waals surface area contributed by atoms with Gasteiger partial charge >= 0.3 is 0 Å². The van der Waals surface area contributed by atoms with Gasteiger partial charge in [0.05, 0.1) is 33.9 Å². The van der Waals surface area contributed by atoms with Gasteiger partial charge in [-0.25, -0.2) is 17.7 Å². The summed E-state index contributed by atoms with van der Waals surface area (Å²) in [6.07, 6.45) is 1.96. The van der Waals surface area contributed by atoms with Gasteiger partial charge in [-0.2, -0.15) is 5.10 Å². The molecule has 2 aromatic heterocycles. The number of sulfonamides is 1. The lowest BCUT2D eigenvalue weighted by atomic mass is 9.98. The predicted molar refractivity (Wildman–Crippen MR) is 144 cm³/mol. The van der Waals surface area contributed by atoms with Crippen LogP contribution in [0.5, 0.6) is 0 Å². The van der Waals surface area contributed by atoms with E-state index in [-0.39, 0.29) is 22.9 Å². The van der Waals surface area contributed by atoms with Gasteiger partial charge in [0.2, 0.25) is 15.9 Å². The summed E-state index contributed by atoms with van der Waals surface area (Å²) in [6.45, 7) is 5.72. The first-order chi connectivity index (χ1) is 18.1. The molecule has 12 heteroatoms. The lowest BCUT2D eigenvalue weighted by Crippen LogP contribution is -2.40. The normalized spacial score (nSPS) is 15.1. The first-order valence-electron chi connectivity index (χ1n) is 12.6. The van der Waals surface area contributed by atoms with Crippen LogP contribution in [0.2, 0.25) is 0 Å². The first-order valence-corrected chi connectivity index (χ1v) is 14.2. The number of para-hydroxylation sites is 1. The highest BCUT2D eigenvalue weighted by atomic mass is 32.2. The van der Waals surface area contributed by atoms with Crippen molar-refractivity contribution in [1.82, 2.24) is 19.1 Å². The number of ether oxygens (including phenoxy) is 1. The SMILES string of the molecule is COCCCS(=O)(=O)N1CCC(Cn2nc(C)c(NC(=O)c3cc(C(N)=O)c4ccccc4n3)c2C)CC1. The maximum Gasteiger partial charge on any atom is 0.274 e. The second-order valence-corrected chi connectivity index (χ2v) is 11.7. The number of carbonyl (C=O) groups excluding carboxylic acids is 2. The van der Waals surface area contributed by atoms with E-state index in [0.717, 1.165) is 18.5 Å². The van der Waals surface area contributed by atoms with Gasteiger partial charge < -0.3 is 15.8 Å². The van der Waals surface area contributed by atoms with Crippen LogP contribution in [0.1, 0.15) is 51.5 Å². The fraction of sp³-hybridized carbons (Fsp3) is 0.462. The van der Waals surface area contributed by atoms with E-state index in [9.17, 15) is 18.0 Å². The number of aryl methyl sites for hydroxylation is 1. The number of rotatable bonds is 10. The Kier molecular flexibility index (Phi) is 8.44. The highest BCUT2D eigenvalue weighted by Crippen LogP contribution is 2.26. The van der Waals surface area contributed by atoms with E-state index in [0.29, 0.717) is 54.9 Å². The van der Waals surface area contributed by atoms with Crippen molar-refractivity contribution < 1.29 is 22.7 Å². The van der Waals surface area contributed by atoms with Gasteiger partial charge in [-0.1, -0.05) is 18.2 Å². The molecule has 4 rings (SSSR count). The summed E-state index contributed by atoms with van der Waals surface area (Å²) in [5.41, 5.74) is 8.41. The minimum atomic E-state index is -3.28. The summed E-state index contributed by atoms with van der Waals surface area (Å²) < 4.78 is 33.5. The second kappa shape index (κ2) is 11.6. The summed E-state index contributed by atoms with van der Waals surface area (Å²) >= 11 is 0. The minimum Gasteiger partial charge on any atom is -0.385 e.